The summed E-state index contributed by atoms with van der Waals surface area (Å²) >= 11 is 0. The Bertz CT molecular complexity index is 465. The summed E-state index contributed by atoms with van der Waals surface area (Å²) in [5.41, 5.74) is 0.595. The predicted octanol–water partition coefficient (Wildman–Crippen LogP) is 1.20. The van der Waals surface area contributed by atoms with Crippen molar-refractivity contribution in [3.05, 3.63) is 23.2 Å². The van der Waals surface area contributed by atoms with E-state index in [2.05, 4.69) is 0 Å². The summed E-state index contributed by atoms with van der Waals surface area (Å²) in [7, 11) is 3.41. The van der Waals surface area contributed by atoms with Crippen molar-refractivity contribution in [3.63, 3.8) is 0 Å². The Kier molecular flexibility index (Phi) is 5.11. The summed E-state index contributed by atoms with van der Waals surface area (Å²) in [5, 5.41) is 8.92. The first-order chi connectivity index (χ1) is 8.85. The first-order valence-electron chi connectivity index (χ1n) is 6.10. The number of aryl methyl sites for hydroxylation is 1. The lowest BCUT2D eigenvalue weighted by atomic mass is 10.2. The van der Waals surface area contributed by atoms with Gasteiger partial charge in [-0.2, -0.15) is 0 Å². The van der Waals surface area contributed by atoms with E-state index in [9.17, 15) is 9.59 Å². The normalized spacial score (nSPS) is 10.8. The molecule has 0 unspecified atom stereocenters. The number of likely N-dealkylation sites (N-methyl/N-ethyl adjacent to an activating group) is 2. The zero-order valence-electron chi connectivity index (χ0n) is 11.8. The van der Waals surface area contributed by atoms with Crippen molar-refractivity contribution in [2.75, 3.05) is 27.2 Å². The minimum atomic E-state index is -1.07. The van der Waals surface area contributed by atoms with Gasteiger partial charge in [-0.25, -0.2) is 4.79 Å². The molecule has 1 aromatic rings. The number of carbonyl (C=O) groups excluding carboxylic acids is 1. The number of carboxylic acids is 1. The van der Waals surface area contributed by atoms with Gasteiger partial charge in [0, 0.05) is 19.7 Å². The van der Waals surface area contributed by atoms with Crippen LogP contribution in [0.25, 0.3) is 0 Å². The van der Waals surface area contributed by atoms with Gasteiger partial charge in [0.25, 0.3) is 0 Å². The maximum absolute atomic E-state index is 11.6. The van der Waals surface area contributed by atoms with E-state index in [1.54, 1.807) is 27.1 Å². The lowest BCUT2D eigenvalue weighted by molar-refractivity contribution is -0.130. The van der Waals surface area contributed by atoms with Crippen LogP contribution in [-0.4, -0.2) is 54.0 Å². The van der Waals surface area contributed by atoms with Crippen LogP contribution in [0, 0.1) is 6.92 Å². The van der Waals surface area contributed by atoms with Crippen LogP contribution in [0.5, 0.6) is 0 Å². The lowest BCUT2D eigenvalue weighted by Gasteiger charge is -2.20. The molecule has 0 saturated heterocycles. The van der Waals surface area contributed by atoms with Crippen LogP contribution in [0.15, 0.2) is 10.5 Å². The highest BCUT2D eigenvalue weighted by molar-refractivity contribution is 5.86. The van der Waals surface area contributed by atoms with Gasteiger partial charge in [-0.1, -0.05) is 6.92 Å². The van der Waals surface area contributed by atoms with Gasteiger partial charge in [0.2, 0.25) is 11.7 Å². The van der Waals surface area contributed by atoms with Crippen molar-refractivity contribution in [2.45, 2.75) is 20.4 Å². The smallest absolute Gasteiger partial charge is 0.372 e. The third-order valence-corrected chi connectivity index (χ3v) is 2.85. The maximum atomic E-state index is 11.6. The van der Waals surface area contributed by atoms with Gasteiger partial charge in [0.15, 0.2) is 0 Å². The van der Waals surface area contributed by atoms with E-state index in [1.165, 1.54) is 4.90 Å². The van der Waals surface area contributed by atoms with Crippen molar-refractivity contribution >= 4 is 11.9 Å². The second kappa shape index (κ2) is 6.38. The molecule has 0 aliphatic carbocycles. The van der Waals surface area contributed by atoms with Crippen molar-refractivity contribution in [1.82, 2.24) is 9.80 Å². The highest BCUT2D eigenvalue weighted by atomic mass is 16.4. The second-order valence-electron chi connectivity index (χ2n) is 4.62. The van der Waals surface area contributed by atoms with E-state index in [1.807, 2.05) is 11.8 Å². The maximum Gasteiger partial charge on any atom is 0.372 e. The summed E-state index contributed by atoms with van der Waals surface area (Å²) in [4.78, 5) is 26.0. The van der Waals surface area contributed by atoms with E-state index in [0.29, 0.717) is 24.4 Å². The second-order valence-corrected chi connectivity index (χ2v) is 4.62. The Hall–Kier alpha value is -1.82. The first kappa shape index (κ1) is 15.2. The molecule has 0 aliphatic rings. The fourth-order valence-electron chi connectivity index (χ4n) is 1.67. The number of furan rings is 1. The van der Waals surface area contributed by atoms with Gasteiger partial charge in [-0.15, -0.1) is 0 Å². The summed E-state index contributed by atoms with van der Waals surface area (Å²) in [6.07, 6.45) is 0. The van der Waals surface area contributed by atoms with E-state index in [4.69, 9.17) is 9.52 Å². The van der Waals surface area contributed by atoms with Crippen molar-refractivity contribution in [2.24, 2.45) is 0 Å². The highest BCUT2D eigenvalue weighted by Crippen LogP contribution is 2.16. The molecule has 6 nitrogen and oxygen atoms in total. The number of nitrogens with zero attached hydrogens (tertiary/aromatic N) is 2. The van der Waals surface area contributed by atoms with Crippen LogP contribution in [0.4, 0.5) is 0 Å². The zero-order valence-corrected chi connectivity index (χ0v) is 11.8. The third kappa shape index (κ3) is 4.10. The van der Waals surface area contributed by atoms with Gasteiger partial charge in [-0.3, -0.25) is 9.69 Å². The summed E-state index contributed by atoms with van der Waals surface area (Å²) in [6.45, 7) is 5.02. The van der Waals surface area contributed by atoms with E-state index in [0.717, 1.165) is 0 Å². The van der Waals surface area contributed by atoms with Gasteiger partial charge in [0.1, 0.15) is 5.76 Å². The molecule has 0 fully saturated rings. The Labute approximate surface area is 112 Å². The number of hydrogen-bond acceptors (Lipinski definition) is 4. The average molecular weight is 268 g/mol. The molecule has 1 aromatic heterocycles. The number of rotatable bonds is 6. The molecular weight excluding hydrogens is 248 g/mol. The van der Waals surface area contributed by atoms with E-state index >= 15 is 0 Å². The Morgan fingerprint density at radius 3 is 2.42 bits per heavy atom. The highest BCUT2D eigenvalue weighted by Gasteiger charge is 2.17. The fraction of sp³-hybridized carbons (Fsp3) is 0.538. The molecule has 106 valence electrons. The molecule has 1 N–H and O–H groups in total. The number of hydrogen-bond donors (Lipinski definition) is 1. The molecule has 0 spiro atoms. The Morgan fingerprint density at radius 1 is 1.37 bits per heavy atom. The summed E-state index contributed by atoms with van der Waals surface area (Å²) in [5.74, 6) is -0.548. The monoisotopic (exact) mass is 268 g/mol. The topological polar surface area (TPSA) is 74.0 Å². The quantitative estimate of drug-likeness (QED) is 0.839. The minimum absolute atomic E-state index is 0.00332. The first-order valence-corrected chi connectivity index (χ1v) is 6.10. The van der Waals surface area contributed by atoms with Gasteiger partial charge in [0.05, 0.1) is 13.1 Å². The molecule has 0 radical (unpaired) electrons. The van der Waals surface area contributed by atoms with Crippen LogP contribution >= 0.6 is 0 Å². The number of carboxylic acid groups (broad SMARTS) is 1. The van der Waals surface area contributed by atoms with E-state index < -0.39 is 5.97 Å². The molecule has 0 aromatic carbocycles. The number of aromatic carboxylic acids is 1. The Balaban J connectivity index is 2.73. The molecule has 1 amide bonds. The van der Waals surface area contributed by atoms with Crippen molar-refractivity contribution in [1.29, 1.82) is 0 Å². The molecular formula is C13H20N2O4. The standard InChI is InChI=1S/C13H20N2O4/c1-5-15(8-11(16)14(3)4)7-10-6-9(2)12(19-10)13(17)18/h6H,5,7-8H2,1-4H3,(H,17,18). The van der Waals surface area contributed by atoms with Crippen LogP contribution in [0.2, 0.25) is 0 Å². The van der Waals surface area contributed by atoms with Gasteiger partial charge >= 0.3 is 5.97 Å². The molecule has 0 aliphatic heterocycles. The molecule has 0 atom stereocenters. The summed E-state index contributed by atoms with van der Waals surface area (Å²) in [6, 6.07) is 1.70. The zero-order chi connectivity index (χ0) is 14.6. The minimum Gasteiger partial charge on any atom is -0.475 e. The molecule has 0 saturated carbocycles. The van der Waals surface area contributed by atoms with Crippen LogP contribution < -0.4 is 0 Å². The molecule has 0 bridgehead atoms. The van der Waals surface area contributed by atoms with Crippen molar-refractivity contribution < 1.29 is 19.1 Å². The number of amides is 1. The van der Waals surface area contributed by atoms with Crippen molar-refractivity contribution in [3.8, 4) is 0 Å². The van der Waals surface area contributed by atoms with Crippen LogP contribution in [0.3, 0.4) is 0 Å². The third-order valence-electron chi connectivity index (χ3n) is 2.85. The molecule has 1 heterocycles. The van der Waals surface area contributed by atoms with Crippen LogP contribution in [-0.2, 0) is 11.3 Å². The largest absolute Gasteiger partial charge is 0.475 e. The van der Waals surface area contributed by atoms with E-state index in [-0.39, 0.29) is 18.2 Å². The SMILES string of the molecule is CCN(CC(=O)N(C)C)Cc1cc(C)c(C(=O)O)o1. The average Bonchev–Trinajstić information content (AvgIpc) is 2.69. The Morgan fingerprint density at radius 2 is 2.00 bits per heavy atom. The predicted molar refractivity (Wildman–Crippen MR) is 70.0 cm³/mol. The molecule has 19 heavy (non-hydrogen) atoms. The number of carbonyl (C=O) groups is 2. The fourth-order valence-corrected chi connectivity index (χ4v) is 1.67. The summed E-state index contributed by atoms with van der Waals surface area (Å²) < 4.78 is 5.28. The molecule has 6 heteroatoms. The van der Waals surface area contributed by atoms with Crippen LogP contribution in [0.1, 0.15) is 28.8 Å². The lowest BCUT2D eigenvalue weighted by Crippen LogP contribution is -2.36. The molecule has 1 rings (SSSR count). The van der Waals surface area contributed by atoms with Gasteiger partial charge in [-0.05, 0) is 19.5 Å². The van der Waals surface area contributed by atoms with Gasteiger partial charge < -0.3 is 14.4 Å².